The predicted octanol–water partition coefficient (Wildman–Crippen LogP) is 1.61. The van der Waals surface area contributed by atoms with Crippen LogP contribution in [-0.4, -0.2) is 58.6 Å². The van der Waals surface area contributed by atoms with Crippen molar-refractivity contribution in [2.75, 3.05) is 57.5 Å². The lowest BCUT2D eigenvalue weighted by Crippen LogP contribution is -2.39. The second kappa shape index (κ2) is 10.9. The Balaban J connectivity index is 1.99. The first-order valence-corrected chi connectivity index (χ1v) is 8.85. The van der Waals surface area contributed by atoms with Crippen LogP contribution in [0.2, 0.25) is 0 Å². The third-order valence-electron chi connectivity index (χ3n) is 3.84. The Hall–Kier alpha value is -1.79. The quantitative estimate of drug-likeness (QED) is 0.430. The van der Waals surface area contributed by atoms with Crippen molar-refractivity contribution in [1.82, 2.24) is 10.6 Å². The van der Waals surface area contributed by atoms with Gasteiger partial charge < -0.3 is 25.0 Å². The van der Waals surface area contributed by atoms with Crippen LogP contribution in [0.3, 0.4) is 0 Å². The van der Waals surface area contributed by atoms with Crippen LogP contribution in [0.5, 0.6) is 0 Å². The fraction of sp³-hybridized carbons (Fsp3) is 0.611. The van der Waals surface area contributed by atoms with Crippen LogP contribution < -0.4 is 15.5 Å². The molecule has 0 atom stereocenters. The Bertz CT molecular complexity index is 502. The van der Waals surface area contributed by atoms with Crippen molar-refractivity contribution in [3.63, 3.8) is 0 Å². The maximum Gasteiger partial charge on any atom is 0.191 e. The Labute approximate surface area is 145 Å². The lowest BCUT2D eigenvalue weighted by molar-refractivity contribution is 0.122. The van der Waals surface area contributed by atoms with E-state index in [1.807, 2.05) is 6.92 Å². The van der Waals surface area contributed by atoms with Crippen LogP contribution in [0.1, 0.15) is 19.4 Å². The fourth-order valence-electron chi connectivity index (χ4n) is 2.65. The maximum absolute atomic E-state index is 5.45. The number of para-hydroxylation sites is 1. The number of anilines is 1. The molecule has 2 rings (SSSR count). The summed E-state index contributed by atoms with van der Waals surface area (Å²) in [5, 5.41) is 6.58. The van der Waals surface area contributed by atoms with Gasteiger partial charge in [0.2, 0.25) is 0 Å². The molecule has 24 heavy (non-hydrogen) atoms. The number of ether oxygens (including phenoxy) is 2. The van der Waals surface area contributed by atoms with E-state index in [4.69, 9.17) is 14.5 Å². The number of hydrogen-bond acceptors (Lipinski definition) is 4. The minimum absolute atomic E-state index is 0.650. The summed E-state index contributed by atoms with van der Waals surface area (Å²) in [5.41, 5.74) is 2.50. The Morgan fingerprint density at radius 2 is 2.00 bits per heavy atom. The molecule has 0 saturated carbocycles. The van der Waals surface area contributed by atoms with Crippen LogP contribution in [0.25, 0.3) is 0 Å². The van der Waals surface area contributed by atoms with E-state index in [2.05, 4.69) is 46.7 Å². The van der Waals surface area contributed by atoms with E-state index in [-0.39, 0.29) is 0 Å². The van der Waals surface area contributed by atoms with Gasteiger partial charge in [-0.25, -0.2) is 4.99 Å². The number of aliphatic imine (C=N–C) groups is 1. The topological polar surface area (TPSA) is 58.1 Å². The molecule has 1 fully saturated rings. The van der Waals surface area contributed by atoms with E-state index < -0.39 is 0 Å². The summed E-state index contributed by atoms with van der Waals surface area (Å²) in [4.78, 5) is 7.10. The highest BCUT2D eigenvalue weighted by atomic mass is 16.5. The summed E-state index contributed by atoms with van der Waals surface area (Å²) in [6.45, 7) is 11.2. The molecule has 1 aliphatic heterocycles. The minimum Gasteiger partial charge on any atom is -0.380 e. The third-order valence-corrected chi connectivity index (χ3v) is 3.84. The monoisotopic (exact) mass is 334 g/mol. The van der Waals surface area contributed by atoms with E-state index in [1.54, 1.807) is 0 Å². The average molecular weight is 334 g/mol. The largest absolute Gasteiger partial charge is 0.380 e. The molecule has 0 bridgehead atoms. The van der Waals surface area contributed by atoms with Crippen molar-refractivity contribution in [3.8, 4) is 0 Å². The van der Waals surface area contributed by atoms with E-state index in [1.165, 1.54) is 11.3 Å². The normalized spacial score (nSPS) is 15.4. The van der Waals surface area contributed by atoms with E-state index >= 15 is 0 Å². The number of rotatable bonds is 8. The molecule has 2 N–H and O–H groups in total. The fourth-order valence-corrected chi connectivity index (χ4v) is 2.65. The average Bonchev–Trinajstić information content (AvgIpc) is 2.64. The highest BCUT2D eigenvalue weighted by molar-refractivity contribution is 5.79. The summed E-state index contributed by atoms with van der Waals surface area (Å²) in [6, 6.07) is 8.48. The molecule has 1 aliphatic rings. The molecule has 134 valence electrons. The van der Waals surface area contributed by atoms with Gasteiger partial charge in [-0.15, -0.1) is 0 Å². The van der Waals surface area contributed by atoms with E-state index in [9.17, 15) is 0 Å². The van der Waals surface area contributed by atoms with Gasteiger partial charge in [0.25, 0.3) is 0 Å². The Morgan fingerprint density at radius 3 is 2.75 bits per heavy atom. The van der Waals surface area contributed by atoms with Gasteiger partial charge in [0.15, 0.2) is 5.96 Å². The Kier molecular flexibility index (Phi) is 8.41. The van der Waals surface area contributed by atoms with Crippen LogP contribution in [0.4, 0.5) is 5.69 Å². The predicted molar refractivity (Wildman–Crippen MR) is 98.8 cm³/mol. The summed E-state index contributed by atoms with van der Waals surface area (Å²) in [7, 11) is 0. The zero-order chi connectivity index (χ0) is 17.0. The smallest absolute Gasteiger partial charge is 0.191 e. The summed E-state index contributed by atoms with van der Waals surface area (Å²) in [5.74, 6) is 0.828. The SMILES string of the molecule is CCNC(=NCc1ccccc1N1CCOCC1)NCCOCC. The van der Waals surface area contributed by atoms with Crippen LogP contribution >= 0.6 is 0 Å². The van der Waals surface area contributed by atoms with Gasteiger partial charge in [-0.2, -0.15) is 0 Å². The van der Waals surface area contributed by atoms with Gasteiger partial charge in [0.05, 0.1) is 26.4 Å². The number of nitrogens with zero attached hydrogens (tertiary/aromatic N) is 2. The van der Waals surface area contributed by atoms with Crippen LogP contribution in [0.15, 0.2) is 29.3 Å². The molecule has 1 saturated heterocycles. The molecule has 0 radical (unpaired) electrons. The summed E-state index contributed by atoms with van der Waals surface area (Å²) < 4.78 is 10.8. The molecule has 0 spiro atoms. The highest BCUT2D eigenvalue weighted by Crippen LogP contribution is 2.22. The van der Waals surface area contributed by atoms with Gasteiger partial charge in [0, 0.05) is 38.5 Å². The van der Waals surface area contributed by atoms with Crippen molar-refractivity contribution >= 4 is 11.6 Å². The maximum atomic E-state index is 5.45. The molecule has 6 heteroatoms. The first-order valence-electron chi connectivity index (χ1n) is 8.85. The van der Waals surface area contributed by atoms with Crippen LogP contribution in [-0.2, 0) is 16.0 Å². The number of benzene rings is 1. The molecule has 0 aliphatic carbocycles. The first kappa shape index (κ1) is 18.5. The second-order valence-electron chi connectivity index (χ2n) is 5.55. The number of nitrogens with one attached hydrogen (secondary N) is 2. The van der Waals surface area contributed by atoms with Crippen molar-refractivity contribution < 1.29 is 9.47 Å². The standard InChI is InChI=1S/C18H30N4O2/c1-3-19-18(20-9-12-23-4-2)21-15-16-7-5-6-8-17(16)22-10-13-24-14-11-22/h5-8H,3-4,9-15H2,1-2H3,(H2,19,20,21). The number of guanidine groups is 1. The lowest BCUT2D eigenvalue weighted by Gasteiger charge is -2.30. The van der Waals surface area contributed by atoms with Gasteiger partial charge >= 0.3 is 0 Å². The van der Waals surface area contributed by atoms with Crippen molar-refractivity contribution in [1.29, 1.82) is 0 Å². The van der Waals surface area contributed by atoms with Gasteiger partial charge in [-0.1, -0.05) is 18.2 Å². The molecular formula is C18H30N4O2. The molecule has 1 aromatic carbocycles. The molecular weight excluding hydrogens is 304 g/mol. The highest BCUT2D eigenvalue weighted by Gasteiger charge is 2.14. The zero-order valence-electron chi connectivity index (χ0n) is 14.9. The molecule has 0 aromatic heterocycles. The third kappa shape index (κ3) is 6.02. The number of hydrogen-bond donors (Lipinski definition) is 2. The van der Waals surface area contributed by atoms with Crippen LogP contribution in [0, 0.1) is 0 Å². The van der Waals surface area contributed by atoms with Gasteiger partial charge in [0.1, 0.15) is 0 Å². The molecule has 0 amide bonds. The van der Waals surface area contributed by atoms with Gasteiger partial charge in [-0.3, -0.25) is 0 Å². The lowest BCUT2D eigenvalue weighted by atomic mass is 10.1. The molecule has 0 unspecified atom stereocenters. The minimum atomic E-state index is 0.650. The zero-order valence-corrected chi connectivity index (χ0v) is 14.9. The second-order valence-corrected chi connectivity index (χ2v) is 5.55. The summed E-state index contributed by atoms with van der Waals surface area (Å²) in [6.07, 6.45) is 0. The van der Waals surface area contributed by atoms with E-state index in [0.29, 0.717) is 13.2 Å². The summed E-state index contributed by atoms with van der Waals surface area (Å²) >= 11 is 0. The first-order chi connectivity index (χ1) is 11.8. The van der Waals surface area contributed by atoms with Crippen molar-refractivity contribution in [2.24, 2.45) is 4.99 Å². The number of morpholine rings is 1. The van der Waals surface area contributed by atoms with Crippen molar-refractivity contribution in [3.05, 3.63) is 29.8 Å². The molecule has 1 heterocycles. The Morgan fingerprint density at radius 1 is 1.21 bits per heavy atom. The van der Waals surface area contributed by atoms with E-state index in [0.717, 1.165) is 52.0 Å². The molecule has 6 nitrogen and oxygen atoms in total. The van der Waals surface area contributed by atoms with Crippen molar-refractivity contribution in [2.45, 2.75) is 20.4 Å². The van der Waals surface area contributed by atoms with Gasteiger partial charge in [-0.05, 0) is 25.5 Å². The molecule has 1 aromatic rings.